The fourth-order valence-corrected chi connectivity index (χ4v) is 3.75. The monoisotopic (exact) mass is 448 g/mol. The molecule has 3 aromatic carbocycles. The number of benzene rings is 3. The Balaban J connectivity index is 1.86. The summed E-state index contributed by atoms with van der Waals surface area (Å²) in [4.78, 5) is 28.3. The highest BCUT2D eigenvalue weighted by Gasteiger charge is 2.41. The Kier molecular flexibility index (Phi) is 5.88. The van der Waals surface area contributed by atoms with Gasteiger partial charge < -0.3 is 14.8 Å². The average Bonchev–Trinajstić information content (AvgIpc) is 3.05. The quantitative estimate of drug-likeness (QED) is 0.534. The van der Waals surface area contributed by atoms with Crippen LogP contribution < -0.4 is 19.7 Å². The number of imide groups is 1. The standard InChI is InChI=1S/C25H21ClN2O4/c1-15-8-9-16(26)14-20(15)27-23-22(19-6-4-5-7-21(19)32-3)24(29)28(25(23)30)17-10-12-18(31-2)13-11-17/h4-14,27H,1-3H3. The lowest BCUT2D eigenvalue weighted by Gasteiger charge is -2.16. The van der Waals surface area contributed by atoms with Crippen LogP contribution in [0.1, 0.15) is 11.1 Å². The van der Waals surface area contributed by atoms with E-state index in [4.69, 9.17) is 21.1 Å². The second-order valence-electron chi connectivity index (χ2n) is 7.18. The Hall–Kier alpha value is -3.77. The summed E-state index contributed by atoms with van der Waals surface area (Å²) in [7, 11) is 3.08. The zero-order valence-electron chi connectivity index (χ0n) is 17.8. The maximum atomic E-state index is 13.6. The first-order valence-electron chi connectivity index (χ1n) is 9.88. The van der Waals surface area contributed by atoms with Gasteiger partial charge in [-0.05, 0) is 55.0 Å². The normalized spacial score (nSPS) is 13.6. The highest BCUT2D eigenvalue weighted by molar-refractivity contribution is 6.46. The highest BCUT2D eigenvalue weighted by Crippen LogP contribution is 2.38. The molecule has 4 rings (SSSR count). The number of rotatable bonds is 6. The van der Waals surface area contributed by atoms with Crippen LogP contribution in [0.25, 0.3) is 5.57 Å². The molecule has 2 amide bonds. The molecule has 0 unspecified atom stereocenters. The lowest BCUT2D eigenvalue weighted by molar-refractivity contribution is -0.120. The Labute approximate surface area is 191 Å². The summed E-state index contributed by atoms with van der Waals surface area (Å²) in [5.74, 6) is 0.188. The van der Waals surface area contributed by atoms with E-state index < -0.39 is 11.8 Å². The Morgan fingerprint density at radius 1 is 0.875 bits per heavy atom. The van der Waals surface area contributed by atoms with Gasteiger partial charge in [-0.2, -0.15) is 0 Å². The van der Waals surface area contributed by atoms with Gasteiger partial charge in [0.15, 0.2) is 0 Å². The number of halogens is 1. The molecule has 0 bridgehead atoms. The van der Waals surface area contributed by atoms with Crippen LogP contribution in [0.3, 0.4) is 0 Å². The molecule has 0 saturated heterocycles. The summed E-state index contributed by atoms with van der Waals surface area (Å²) < 4.78 is 10.7. The van der Waals surface area contributed by atoms with Crippen molar-refractivity contribution >= 4 is 40.4 Å². The number of carbonyl (C=O) groups is 2. The van der Waals surface area contributed by atoms with Crippen molar-refractivity contribution in [1.29, 1.82) is 0 Å². The van der Waals surface area contributed by atoms with Crippen molar-refractivity contribution in [2.75, 3.05) is 24.4 Å². The number of hydrogen-bond donors (Lipinski definition) is 1. The summed E-state index contributed by atoms with van der Waals surface area (Å²) in [6.07, 6.45) is 0. The van der Waals surface area contributed by atoms with E-state index in [2.05, 4.69) is 5.32 Å². The van der Waals surface area contributed by atoms with Crippen LogP contribution in [-0.2, 0) is 9.59 Å². The molecule has 0 atom stereocenters. The Morgan fingerprint density at radius 2 is 1.59 bits per heavy atom. The van der Waals surface area contributed by atoms with Crippen LogP contribution in [0, 0.1) is 6.92 Å². The number of nitrogens with zero attached hydrogens (tertiary/aromatic N) is 1. The maximum Gasteiger partial charge on any atom is 0.282 e. The molecule has 0 aromatic heterocycles. The molecule has 162 valence electrons. The molecule has 0 spiro atoms. The van der Waals surface area contributed by atoms with Crippen LogP contribution in [0.5, 0.6) is 11.5 Å². The van der Waals surface area contributed by atoms with E-state index in [0.29, 0.717) is 33.5 Å². The van der Waals surface area contributed by atoms with E-state index in [1.807, 2.05) is 13.0 Å². The van der Waals surface area contributed by atoms with Crippen molar-refractivity contribution in [1.82, 2.24) is 0 Å². The molecule has 0 aliphatic carbocycles. The van der Waals surface area contributed by atoms with Gasteiger partial charge in [0, 0.05) is 16.3 Å². The first-order valence-corrected chi connectivity index (χ1v) is 10.3. The molecular weight excluding hydrogens is 428 g/mol. The second-order valence-corrected chi connectivity index (χ2v) is 7.61. The SMILES string of the molecule is COc1ccc(N2C(=O)C(Nc3cc(Cl)ccc3C)=C(c3ccccc3OC)C2=O)cc1. The minimum atomic E-state index is -0.472. The predicted molar refractivity (Wildman–Crippen MR) is 125 cm³/mol. The molecule has 7 heteroatoms. The van der Waals surface area contributed by atoms with Crippen LogP contribution in [0.15, 0.2) is 72.4 Å². The van der Waals surface area contributed by atoms with Crippen molar-refractivity contribution in [2.45, 2.75) is 6.92 Å². The molecule has 1 aliphatic heterocycles. The first kappa shape index (κ1) is 21.5. The Morgan fingerprint density at radius 3 is 2.28 bits per heavy atom. The van der Waals surface area contributed by atoms with E-state index in [0.717, 1.165) is 10.5 Å². The zero-order valence-corrected chi connectivity index (χ0v) is 18.6. The summed E-state index contributed by atoms with van der Waals surface area (Å²) in [5.41, 5.74) is 2.85. The van der Waals surface area contributed by atoms with Crippen LogP contribution in [0.4, 0.5) is 11.4 Å². The number of nitrogens with one attached hydrogen (secondary N) is 1. The molecule has 1 aliphatic rings. The number of amides is 2. The number of ether oxygens (including phenoxy) is 2. The number of anilines is 2. The Bertz CT molecular complexity index is 1230. The van der Waals surface area contributed by atoms with Gasteiger partial charge in [0.25, 0.3) is 11.8 Å². The second kappa shape index (κ2) is 8.77. The maximum absolute atomic E-state index is 13.6. The lowest BCUT2D eigenvalue weighted by Crippen LogP contribution is -2.32. The molecule has 1 N–H and O–H groups in total. The van der Waals surface area contributed by atoms with Crippen LogP contribution in [0.2, 0.25) is 5.02 Å². The predicted octanol–water partition coefficient (Wildman–Crippen LogP) is 5.06. The highest BCUT2D eigenvalue weighted by atomic mass is 35.5. The molecule has 0 saturated carbocycles. The third-order valence-corrected chi connectivity index (χ3v) is 5.49. The summed E-state index contributed by atoms with van der Waals surface area (Å²) in [6.45, 7) is 1.89. The van der Waals surface area contributed by atoms with Gasteiger partial charge in [0.2, 0.25) is 0 Å². The number of para-hydroxylation sites is 1. The van der Waals surface area contributed by atoms with E-state index in [1.54, 1.807) is 67.8 Å². The summed E-state index contributed by atoms with van der Waals surface area (Å²) in [5, 5.41) is 3.67. The molecule has 1 heterocycles. The molecule has 0 radical (unpaired) electrons. The lowest BCUT2D eigenvalue weighted by atomic mass is 10.0. The number of hydrogen-bond acceptors (Lipinski definition) is 5. The van der Waals surface area contributed by atoms with Gasteiger partial charge in [-0.25, -0.2) is 4.90 Å². The molecule has 32 heavy (non-hydrogen) atoms. The fourth-order valence-electron chi connectivity index (χ4n) is 3.58. The van der Waals surface area contributed by atoms with Crippen molar-refractivity contribution in [3.05, 3.63) is 88.6 Å². The summed E-state index contributed by atoms with van der Waals surface area (Å²) in [6, 6.07) is 19.2. The largest absolute Gasteiger partial charge is 0.497 e. The number of methoxy groups -OCH3 is 2. The van der Waals surface area contributed by atoms with Crippen molar-refractivity contribution in [3.8, 4) is 11.5 Å². The topological polar surface area (TPSA) is 67.9 Å². The zero-order chi connectivity index (χ0) is 22.8. The van der Waals surface area contributed by atoms with Crippen molar-refractivity contribution < 1.29 is 19.1 Å². The average molecular weight is 449 g/mol. The van der Waals surface area contributed by atoms with Gasteiger partial charge in [-0.3, -0.25) is 9.59 Å². The molecule has 0 fully saturated rings. The minimum Gasteiger partial charge on any atom is -0.497 e. The third-order valence-electron chi connectivity index (χ3n) is 5.25. The van der Waals surface area contributed by atoms with E-state index >= 15 is 0 Å². The minimum absolute atomic E-state index is 0.153. The molecule has 6 nitrogen and oxygen atoms in total. The molecular formula is C25H21ClN2O4. The van der Waals surface area contributed by atoms with E-state index in [1.165, 1.54) is 7.11 Å². The van der Waals surface area contributed by atoms with Gasteiger partial charge in [-0.1, -0.05) is 35.9 Å². The summed E-state index contributed by atoms with van der Waals surface area (Å²) >= 11 is 6.17. The number of carbonyl (C=O) groups excluding carboxylic acids is 2. The van der Waals surface area contributed by atoms with Crippen molar-refractivity contribution in [3.63, 3.8) is 0 Å². The third kappa shape index (κ3) is 3.81. The molecule has 3 aromatic rings. The van der Waals surface area contributed by atoms with Gasteiger partial charge in [0.05, 0.1) is 25.5 Å². The fraction of sp³-hybridized carbons (Fsp3) is 0.120. The first-order chi connectivity index (χ1) is 15.4. The smallest absolute Gasteiger partial charge is 0.282 e. The van der Waals surface area contributed by atoms with E-state index in [-0.39, 0.29) is 11.3 Å². The van der Waals surface area contributed by atoms with Gasteiger partial charge >= 0.3 is 0 Å². The van der Waals surface area contributed by atoms with E-state index in [9.17, 15) is 9.59 Å². The van der Waals surface area contributed by atoms with Crippen molar-refractivity contribution in [2.24, 2.45) is 0 Å². The van der Waals surface area contributed by atoms with Gasteiger partial charge in [-0.15, -0.1) is 0 Å². The van der Waals surface area contributed by atoms with Crippen LogP contribution in [-0.4, -0.2) is 26.0 Å². The number of aryl methyl sites for hydroxylation is 1. The van der Waals surface area contributed by atoms with Gasteiger partial charge in [0.1, 0.15) is 17.2 Å². The van der Waals surface area contributed by atoms with Crippen LogP contribution >= 0.6 is 11.6 Å².